The van der Waals surface area contributed by atoms with Gasteiger partial charge in [-0.15, -0.1) is 11.3 Å². The molecule has 1 aliphatic rings. The monoisotopic (exact) mass is 359 g/mol. The molecule has 0 aromatic carbocycles. The Kier molecular flexibility index (Phi) is 4.90. The molecule has 0 bridgehead atoms. The second-order valence-electron chi connectivity index (χ2n) is 6.45. The van der Waals surface area contributed by atoms with Crippen LogP contribution in [0.1, 0.15) is 72.0 Å². The van der Waals surface area contributed by atoms with Gasteiger partial charge in [0.25, 0.3) is 0 Å². The fraction of sp³-hybridized carbons (Fsp3) is 0.421. The Morgan fingerprint density at radius 1 is 1.20 bits per heavy atom. The number of aryl methyl sites for hydroxylation is 3. The molecule has 2 heterocycles. The predicted octanol–water partition coefficient (Wildman–Crippen LogP) is 3.81. The molecule has 25 heavy (non-hydrogen) atoms. The van der Waals surface area contributed by atoms with Crippen molar-refractivity contribution >= 4 is 28.9 Å². The molecule has 0 fully saturated rings. The van der Waals surface area contributed by atoms with Crippen LogP contribution in [0, 0.1) is 13.8 Å². The summed E-state index contributed by atoms with van der Waals surface area (Å²) in [6, 6.07) is 1.89. The van der Waals surface area contributed by atoms with E-state index in [9.17, 15) is 14.4 Å². The molecule has 1 N–H and O–H groups in total. The Labute approximate surface area is 150 Å². The maximum atomic E-state index is 12.4. The molecule has 2 aromatic heterocycles. The van der Waals surface area contributed by atoms with Gasteiger partial charge in [0.05, 0.1) is 5.69 Å². The molecular formula is C19H21NO4S. The number of rotatable bonds is 5. The molecule has 6 heteroatoms. The molecule has 0 atom stereocenters. The Morgan fingerprint density at radius 3 is 2.56 bits per heavy atom. The van der Waals surface area contributed by atoms with E-state index in [2.05, 4.69) is 4.98 Å². The first-order valence-electron chi connectivity index (χ1n) is 8.40. The number of ketones is 2. The van der Waals surface area contributed by atoms with Gasteiger partial charge in [0, 0.05) is 16.1 Å². The van der Waals surface area contributed by atoms with Crippen molar-refractivity contribution in [1.29, 1.82) is 0 Å². The van der Waals surface area contributed by atoms with Gasteiger partial charge in [0.15, 0.2) is 12.4 Å². The summed E-state index contributed by atoms with van der Waals surface area (Å²) in [6.45, 7) is 4.61. The van der Waals surface area contributed by atoms with E-state index in [0.717, 1.165) is 25.7 Å². The normalized spacial score (nSPS) is 13.4. The number of thiophene rings is 1. The lowest BCUT2D eigenvalue weighted by molar-refractivity contribution is 0.0478. The van der Waals surface area contributed by atoms with Crippen LogP contribution in [0.15, 0.2) is 6.07 Å². The van der Waals surface area contributed by atoms with E-state index in [0.29, 0.717) is 27.4 Å². The molecule has 1 aliphatic carbocycles. The van der Waals surface area contributed by atoms with E-state index in [1.807, 2.05) is 6.07 Å². The summed E-state index contributed by atoms with van der Waals surface area (Å²) in [5.74, 6) is -0.880. The molecular weight excluding hydrogens is 338 g/mol. The first-order chi connectivity index (χ1) is 11.9. The molecule has 0 saturated heterocycles. The number of nitrogens with one attached hydrogen (secondary N) is 1. The zero-order valence-corrected chi connectivity index (χ0v) is 15.5. The van der Waals surface area contributed by atoms with Gasteiger partial charge in [-0.3, -0.25) is 9.59 Å². The second kappa shape index (κ2) is 6.96. The molecule has 0 radical (unpaired) electrons. The van der Waals surface area contributed by atoms with Crippen LogP contribution in [0.25, 0.3) is 0 Å². The minimum absolute atomic E-state index is 0.0912. The van der Waals surface area contributed by atoms with Crippen LogP contribution >= 0.6 is 11.3 Å². The van der Waals surface area contributed by atoms with E-state index in [1.165, 1.54) is 28.7 Å². The van der Waals surface area contributed by atoms with E-state index in [4.69, 9.17) is 4.74 Å². The van der Waals surface area contributed by atoms with Gasteiger partial charge in [-0.2, -0.15) is 0 Å². The van der Waals surface area contributed by atoms with E-state index < -0.39 is 5.97 Å². The van der Waals surface area contributed by atoms with Gasteiger partial charge in [-0.1, -0.05) is 0 Å². The van der Waals surface area contributed by atoms with Crippen LogP contribution < -0.4 is 0 Å². The number of carbonyl (C=O) groups is 3. The third-order valence-corrected chi connectivity index (χ3v) is 5.82. The Balaban J connectivity index is 1.68. The summed E-state index contributed by atoms with van der Waals surface area (Å²) in [6.07, 6.45) is 4.33. The Hall–Kier alpha value is -2.21. The highest BCUT2D eigenvalue weighted by molar-refractivity contribution is 7.14. The van der Waals surface area contributed by atoms with Crippen molar-refractivity contribution in [3.63, 3.8) is 0 Å². The SMILES string of the molecule is CC(=O)c1c(C)[nH]c(C(=O)COC(=O)c2cc3c(s2)CCCC3)c1C. The standard InChI is InChI=1S/C19H21NO4S/c1-10-17(12(3)21)11(2)20-18(10)14(22)9-24-19(23)16-8-13-6-4-5-7-15(13)25-16/h8,20H,4-7,9H2,1-3H3. The Bertz CT molecular complexity index is 836. The number of ether oxygens (including phenoxy) is 1. The van der Waals surface area contributed by atoms with Gasteiger partial charge >= 0.3 is 5.97 Å². The number of esters is 1. The predicted molar refractivity (Wildman–Crippen MR) is 95.8 cm³/mol. The number of hydrogen-bond acceptors (Lipinski definition) is 5. The maximum absolute atomic E-state index is 12.4. The fourth-order valence-corrected chi connectivity index (χ4v) is 4.57. The van der Waals surface area contributed by atoms with Crippen LogP contribution in [0.2, 0.25) is 0 Å². The number of H-pyrrole nitrogens is 1. The van der Waals surface area contributed by atoms with Crippen molar-refractivity contribution < 1.29 is 19.1 Å². The summed E-state index contributed by atoms with van der Waals surface area (Å²) in [5.41, 5.74) is 3.36. The zero-order valence-electron chi connectivity index (χ0n) is 14.7. The van der Waals surface area contributed by atoms with Crippen LogP contribution in [0.3, 0.4) is 0 Å². The quantitative estimate of drug-likeness (QED) is 0.650. The van der Waals surface area contributed by atoms with Gasteiger partial charge in [-0.05, 0) is 63.6 Å². The minimum Gasteiger partial charge on any atom is -0.453 e. The molecule has 0 spiro atoms. The van der Waals surface area contributed by atoms with Gasteiger partial charge in [-0.25, -0.2) is 4.79 Å². The molecule has 5 nitrogen and oxygen atoms in total. The second-order valence-corrected chi connectivity index (χ2v) is 7.58. The summed E-state index contributed by atoms with van der Waals surface area (Å²) in [4.78, 5) is 41.0. The summed E-state index contributed by atoms with van der Waals surface area (Å²) < 4.78 is 5.20. The third kappa shape index (κ3) is 3.44. The first-order valence-corrected chi connectivity index (χ1v) is 9.22. The number of Topliss-reactive ketones (excluding diaryl/α,β-unsaturated/α-hetero) is 2. The van der Waals surface area contributed by atoms with Crippen molar-refractivity contribution in [1.82, 2.24) is 4.98 Å². The molecule has 0 amide bonds. The average molecular weight is 359 g/mol. The first kappa shape index (κ1) is 17.6. The maximum Gasteiger partial charge on any atom is 0.348 e. The van der Waals surface area contributed by atoms with Gasteiger partial charge in [0.2, 0.25) is 5.78 Å². The highest BCUT2D eigenvalue weighted by Gasteiger charge is 2.22. The van der Waals surface area contributed by atoms with Crippen LogP contribution in [0.5, 0.6) is 0 Å². The number of aromatic nitrogens is 1. The van der Waals surface area contributed by atoms with Crippen LogP contribution in [-0.4, -0.2) is 29.1 Å². The third-order valence-electron chi connectivity index (χ3n) is 4.60. The lowest BCUT2D eigenvalue weighted by Crippen LogP contribution is -2.15. The number of carbonyl (C=O) groups excluding carboxylic acids is 3. The highest BCUT2D eigenvalue weighted by atomic mass is 32.1. The van der Waals surface area contributed by atoms with Crippen molar-refractivity contribution in [3.8, 4) is 0 Å². The minimum atomic E-state index is -0.458. The highest BCUT2D eigenvalue weighted by Crippen LogP contribution is 2.30. The average Bonchev–Trinajstić information content (AvgIpc) is 3.13. The molecule has 0 unspecified atom stereocenters. The lowest BCUT2D eigenvalue weighted by Gasteiger charge is -2.08. The summed E-state index contributed by atoms with van der Waals surface area (Å²) >= 11 is 1.47. The topological polar surface area (TPSA) is 76.2 Å². The van der Waals surface area contributed by atoms with Gasteiger partial charge < -0.3 is 9.72 Å². The fourth-order valence-electron chi connectivity index (χ4n) is 3.42. The molecule has 2 aromatic rings. The summed E-state index contributed by atoms with van der Waals surface area (Å²) in [7, 11) is 0. The van der Waals surface area contributed by atoms with Crippen molar-refractivity contribution in [3.05, 3.63) is 43.9 Å². The van der Waals surface area contributed by atoms with Crippen LogP contribution in [-0.2, 0) is 17.6 Å². The molecule has 132 valence electrons. The van der Waals surface area contributed by atoms with E-state index in [1.54, 1.807) is 13.8 Å². The number of aromatic amines is 1. The number of fused-ring (bicyclic) bond motifs is 1. The largest absolute Gasteiger partial charge is 0.453 e. The zero-order chi connectivity index (χ0) is 18.1. The smallest absolute Gasteiger partial charge is 0.348 e. The van der Waals surface area contributed by atoms with Crippen molar-refractivity contribution in [2.45, 2.75) is 46.5 Å². The molecule has 0 saturated carbocycles. The molecule has 3 rings (SSSR count). The Morgan fingerprint density at radius 2 is 1.92 bits per heavy atom. The summed E-state index contributed by atoms with van der Waals surface area (Å²) in [5, 5.41) is 0. The van der Waals surface area contributed by atoms with Crippen molar-refractivity contribution in [2.24, 2.45) is 0 Å². The lowest BCUT2D eigenvalue weighted by atomic mass is 9.99. The number of hydrogen-bond donors (Lipinski definition) is 1. The van der Waals surface area contributed by atoms with Crippen molar-refractivity contribution in [2.75, 3.05) is 6.61 Å². The molecule has 0 aliphatic heterocycles. The van der Waals surface area contributed by atoms with E-state index >= 15 is 0 Å². The van der Waals surface area contributed by atoms with Crippen LogP contribution in [0.4, 0.5) is 0 Å². The van der Waals surface area contributed by atoms with Gasteiger partial charge in [0.1, 0.15) is 4.88 Å². The van der Waals surface area contributed by atoms with E-state index in [-0.39, 0.29) is 18.2 Å².